The van der Waals surface area contributed by atoms with Crippen molar-refractivity contribution in [2.75, 3.05) is 7.11 Å². The third kappa shape index (κ3) is 3.38. The van der Waals surface area contributed by atoms with Crippen LogP contribution in [0, 0.1) is 6.92 Å². The molecule has 1 aromatic rings. The van der Waals surface area contributed by atoms with Gasteiger partial charge in [-0.05, 0) is 26.0 Å². The van der Waals surface area contributed by atoms with Gasteiger partial charge in [-0.2, -0.15) is 0 Å². The summed E-state index contributed by atoms with van der Waals surface area (Å²) in [5, 5.41) is 2.73. The number of carbonyl (C=O) groups is 1. The molecule has 4 heteroatoms. The van der Waals surface area contributed by atoms with Crippen LogP contribution in [0.2, 0.25) is 0 Å². The van der Waals surface area contributed by atoms with Gasteiger partial charge in [0.2, 0.25) is 0 Å². The highest BCUT2D eigenvalue weighted by molar-refractivity contribution is 7.11. The molecule has 0 aliphatic rings. The van der Waals surface area contributed by atoms with Gasteiger partial charge in [0.05, 0.1) is 7.11 Å². The van der Waals surface area contributed by atoms with Crippen molar-refractivity contribution < 1.29 is 9.53 Å². The van der Waals surface area contributed by atoms with Gasteiger partial charge in [-0.15, -0.1) is 11.3 Å². The maximum Gasteiger partial charge on any atom is 0.407 e. The lowest BCUT2D eigenvalue weighted by atomic mass is 10.2. The lowest BCUT2D eigenvalue weighted by molar-refractivity contribution is 0.167. The first-order valence-electron chi connectivity index (χ1n) is 4.51. The van der Waals surface area contributed by atoms with E-state index in [0.29, 0.717) is 0 Å². The van der Waals surface area contributed by atoms with E-state index in [1.165, 1.54) is 16.9 Å². The summed E-state index contributed by atoms with van der Waals surface area (Å²) in [6, 6.07) is 4.29. The Bertz CT molecular complexity index is 309. The molecule has 1 unspecified atom stereocenters. The van der Waals surface area contributed by atoms with E-state index < -0.39 is 0 Å². The first-order chi connectivity index (χ1) is 6.61. The average Bonchev–Trinajstić information content (AvgIpc) is 2.50. The minimum Gasteiger partial charge on any atom is -0.453 e. The number of hydrogen-bond acceptors (Lipinski definition) is 3. The van der Waals surface area contributed by atoms with Gasteiger partial charge in [-0.3, -0.25) is 0 Å². The molecule has 0 saturated heterocycles. The van der Waals surface area contributed by atoms with E-state index in [1.54, 1.807) is 11.3 Å². The highest BCUT2D eigenvalue weighted by Crippen LogP contribution is 2.16. The van der Waals surface area contributed by atoms with Crippen molar-refractivity contribution in [1.82, 2.24) is 5.32 Å². The summed E-state index contributed by atoms with van der Waals surface area (Å²) in [5.41, 5.74) is 0. The fraction of sp³-hybridized carbons (Fsp3) is 0.500. The molecule has 1 aromatic heterocycles. The predicted octanol–water partition coefficient (Wildman–Crippen LogP) is 2.34. The van der Waals surface area contributed by atoms with Crippen LogP contribution in [0.5, 0.6) is 0 Å². The second kappa shape index (κ2) is 5.00. The molecule has 0 radical (unpaired) electrons. The van der Waals surface area contributed by atoms with Gasteiger partial charge in [0.15, 0.2) is 0 Å². The Kier molecular flexibility index (Phi) is 3.95. The summed E-state index contributed by atoms with van der Waals surface area (Å²) in [7, 11) is 1.37. The van der Waals surface area contributed by atoms with Crippen LogP contribution in [-0.2, 0) is 11.2 Å². The monoisotopic (exact) mass is 213 g/mol. The molecule has 14 heavy (non-hydrogen) atoms. The van der Waals surface area contributed by atoms with Crippen LogP contribution in [0.4, 0.5) is 4.79 Å². The fourth-order valence-electron chi connectivity index (χ4n) is 1.21. The van der Waals surface area contributed by atoms with Crippen LogP contribution in [0.1, 0.15) is 16.7 Å². The van der Waals surface area contributed by atoms with Gasteiger partial charge >= 0.3 is 6.09 Å². The van der Waals surface area contributed by atoms with Gasteiger partial charge in [0, 0.05) is 22.2 Å². The zero-order valence-corrected chi connectivity index (χ0v) is 9.48. The van der Waals surface area contributed by atoms with Crippen molar-refractivity contribution in [2.45, 2.75) is 26.3 Å². The number of methoxy groups -OCH3 is 1. The van der Waals surface area contributed by atoms with E-state index in [1.807, 2.05) is 6.92 Å². The number of ether oxygens (including phenoxy) is 1. The van der Waals surface area contributed by atoms with E-state index in [-0.39, 0.29) is 12.1 Å². The van der Waals surface area contributed by atoms with Crippen molar-refractivity contribution >= 4 is 17.4 Å². The summed E-state index contributed by atoms with van der Waals surface area (Å²) in [5.74, 6) is 0. The van der Waals surface area contributed by atoms with Gasteiger partial charge in [-0.25, -0.2) is 4.79 Å². The molecular weight excluding hydrogens is 198 g/mol. The largest absolute Gasteiger partial charge is 0.453 e. The summed E-state index contributed by atoms with van der Waals surface area (Å²) in [6.07, 6.45) is 0.485. The smallest absolute Gasteiger partial charge is 0.407 e. The van der Waals surface area contributed by atoms with Gasteiger partial charge in [0.25, 0.3) is 0 Å². The van der Waals surface area contributed by atoms with E-state index in [9.17, 15) is 4.79 Å². The highest BCUT2D eigenvalue weighted by atomic mass is 32.1. The Labute approximate surface area is 88.1 Å². The Balaban J connectivity index is 2.41. The number of aryl methyl sites for hydroxylation is 1. The minimum atomic E-state index is -0.370. The number of alkyl carbamates (subject to hydrolysis) is 1. The molecule has 1 atom stereocenters. The molecule has 0 aliphatic heterocycles. The Morgan fingerprint density at radius 3 is 2.86 bits per heavy atom. The number of rotatable bonds is 3. The van der Waals surface area contributed by atoms with Gasteiger partial charge in [-0.1, -0.05) is 0 Å². The van der Waals surface area contributed by atoms with E-state index >= 15 is 0 Å². The molecule has 1 N–H and O–H groups in total. The standard InChI is InChI=1S/C10H15NO2S/c1-7(11-10(12)13-3)6-9-5-4-8(2)14-9/h4-5,7H,6H2,1-3H3,(H,11,12). The molecule has 1 heterocycles. The first kappa shape index (κ1) is 11.0. The molecule has 0 aliphatic carbocycles. The molecule has 0 saturated carbocycles. The minimum absolute atomic E-state index is 0.112. The molecule has 0 fully saturated rings. The normalized spacial score (nSPS) is 12.2. The van der Waals surface area contributed by atoms with E-state index in [2.05, 4.69) is 29.1 Å². The summed E-state index contributed by atoms with van der Waals surface area (Å²) in [6.45, 7) is 4.04. The second-order valence-corrected chi connectivity index (χ2v) is 4.63. The summed E-state index contributed by atoms with van der Waals surface area (Å²) >= 11 is 1.76. The molecule has 78 valence electrons. The molecule has 1 rings (SSSR count). The first-order valence-corrected chi connectivity index (χ1v) is 5.33. The number of carbonyl (C=O) groups excluding carboxylic acids is 1. The highest BCUT2D eigenvalue weighted by Gasteiger charge is 2.08. The molecule has 1 amide bonds. The number of amides is 1. The number of thiophene rings is 1. The van der Waals surface area contributed by atoms with Gasteiger partial charge in [0.1, 0.15) is 0 Å². The Hall–Kier alpha value is -1.03. The molecule has 0 aromatic carbocycles. The fourth-order valence-corrected chi connectivity index (χ4v) is 2.23. The molecule has 0 spiro atoms. The SMILES string of the molecule is COC(=O)NC(C)Cc1ccc(C)s1. The van der Waals surface area contributed by atoms with Crippen molar-refractivity contribution in [3.63, 3.8) is 0 Å². The van der Waals surface area contributed by atoms with Crippen LogP contribution in [0.25, 0.3) is 0 Å². The van der Waals surface area contributed by atoms with Crippen molar-refractivity contribution in [3.8, 4) is 0 Å². The Morgan fingerprint density at radius 1 is 1.64 bits per heavy atom. The van der Waals surface area contributed by atoms with Crippen LogP contribution < -0.4 is 5.32 Å². The van der Waals surface area contributed by atoms with E-state index in [0.717, 1.165) is 6.42 Å². The topological polar surface area (TPSA) is 38.3 Å². The van der Waals surface area contributed by atoms with Crippen LogP contribution in [0.3, 0.4) is 0 Å². The molecule has 0 bridgehead atoms. The van der Waals surface area contributed by atoms with Crippen LogP contribution >= 0.6 is 11.3 Å². The van der Waals surface area contributed by atoms with Crippen LogP contribution in [0.15, 0.2) is 12.1 Å². The maximum absolute atomic E-state index is 10.9. The molecule has 3 nitrogen and oxygen atoms in total. The van der Waals surface area contributed by atoms with Gasteiger partial charge < -0.3 is 10.1 Å². The lowest BCUT2D eigenvalue weighted by Crippen LogP contribution is -2.33. The van der Waals surface area contributed by atoms with Crippen molar-refractivity contribution in [2.24, 2.45) is 0 Å². The Morgan fingerprint density at radius 2 is 2.36 bits per heavy atom. The number of hydrogen-bond donors (Lipinski definition) is 1. The average molecular weight is 213 g/mol. The van der Waals surface area contributed by atoms with Crippen molar-refractivity contribution in [3.05, 3.63) is 21.9 Å². The van der Waals surface area contributed by atoms with Crippen molar-refractivity contribution in [1.29, 1.82) is 0 Å². The quantitative estimate of drug-likeness (QED) is 0.837. The predicted molar refractivity (Wildman–Crippen MR) is 57.8 cm³/mol. The summed E-state index contributed by atoms with van der Waals surface area (Å²) in [4.78, 5) is 13.5. The molecular formula is C10H15NO2S. The number of nitrogens with one attached hydrogen (secondary N) is 1. The zero-order valence-electron chi connectivity index (χ0n) is 8.66. The zero-order chi connectivity index (χ0) is 10.6. The third-order valence-electron chi connectivity index (χ3n) is 1.85. The van der Waals surface area contributed by atoms with Crippen LogP contribution in [-0.4, -0.2) is 19.2 Å². The summed E-state index contributed by atoms with van der Waals surface area (Å²) < 4.78 is 4.52. The second-order valence-electron chi connectivity index (χ2n) is 3.25. The third-order valence-corrected chi connectivity index (χ3v) is 2.88. The van der Waals surface area contributed by atoms with E-state index in [4.69, 9.17) is 0 Å². The maximum atomic E-state index is 10.9. The lowest BCUT2D eigenvalue weighted by Gasteiger charge is -2.11.